The van der Waals surface area contributed by atoms with E-state index in [0.717, 1.165) is 23.7 Å². The Balaban J connectivity index is 1.82. The lowest BCUT2D eigenvalue weighted by Gasteiger charge is -2.21. The third-order valence-electron chi connectivity index (χ3n) is 2.95. The average molecular weight is 293 g/mol. The smallest absolute Gasteiger partial charge is 0.162 e. The number of rotatable bonds is 4. The van der Waals surface area contributed by atoms with Gasteiger partial charge in [0.2, 0.25) is 0 Å². The lowest BCUT2D eigenvalue weighted by Crippen LogP contribution is -2.16. The van der Waals surface area contributed by atoms with Gasteiger partial charge in [-0.05, 0) is 35.4 Å². The number of fused-ring (bicyclic) bond motifs is 1. The summed E-state index contributed by atoms with van der Waals surface area (Å²) >= 11 is 3.43. The fourth-order valence-electron chi connectivity index (χ4n) is 2.00. The van der Waals surface area contributed by atoms with Crippen LogP contribution in [-0.4, -0.2) is 19.5 Å². The van der Waals surface area contributed by atoms with Crippen molar-refractivity contribution >= 4 is 28.8 Å². The first kappa shape index (κ1) is 12.7. The van der Waals surface area contributed by atoms with Crippen LogP contribution in [0.1, 0.15) is 5.56 Å². The fourth-order valence-corrected chi connectivity index (χ4v) is 3.23. The zero-order valence-electron chi connectivity index (χ0n) is 10.6. The van der Waals surface area contributed by atoms with Crippen molar-refractivity contribution in [2.45, 2.75) is 11.4 Å². The predicted molar refractivity (Wildman–Crippen MR) is 80.9 cm³/mol. The number of nitrogens with one attached hydrogen (secondary N) is 1. The van der Waals surface area contributed by atoms with Crippen LogP contribution in [0, 0.1) is 0 Å². The molecule has 5 heteroatoms. The Hall–Kier alpha value is -1.33. The van der Waals surface area contributed by atoms with E-state index in [2.05, 4.69) is 40.5 Å². The van der Waals surface area contributed by atoms with E-state index < -0.39 is 0 Å². The van der Waals surface area contributed by atoms with E-state index in [1.165, 1.54) is 10.5 Å². The van der Waals surface area contributed by atoms with Crippen LogP contribution < -0.4 is 14.8 Å². The summed E-state index contributed by atoms with van der Waals surface area (Å²) in [5, 5.41) is 7.60. The van der Waals surface area contributed by atoms with Crippen molar-refractivity contribution in [3.63, 3.8) is 0 Å². The van der Waals surface area contributed by atoms with Crippen LogP contribution >= 0.6 is 23.1 Å². The molecule has 0 atom stereocenters. The molecule has 1 aliphatic heterocycles. The Morgan fingerprint density at radius 1 is 1.26 bits per heavy atom. The highest BCUT2D eigenvalue weighted by atomic mass is 32.2. The summed E-state index contributed by atoms with van der Waals surface area (Å²) in [6.07, 6.45) is 2.08. The third-order valence-corrected chi connectivity index (χ3v) is 4.45. The molecule has 2 heterocycles. The second kappa shape index (κ2) is 5.75. The van der Waals surface area contributed by atoms with E-state index in [1.54, 1.807) is 23.1 Å². The van der Waals surface area contributed by atoms with Crippen molar-refractivity contribution in [1.29, 1.82) is 0 Å². The fraction of sp³-hybridized carbons (Fsp3) is 0.286. The monoisotopic (exact) mass is 293 g/mol. The minimum absolute atomic E-state index is 0.628. The number of thioether (sulfide) groups is 1. The predicted octanol–water partition coefficient (Wildman–Crippen LogP) is 3.85. The van der Waals surface area contributed by atoms with Crippen molar-refractivity contribution in [3.05, 3.63) is 34.5 Å². The summed E-state index contributed by atoms with van der Waals surface area (Å²) in [5.41, 5.74) is 2.40. The first-order valence-electron chi connectivity index (χ1n) is 6.09. The summed E-state index contributed by atoms with van der Waals surface area (Å²) in [4.78, 5) is 1.23. The molecule has 0 unspecified atom stereocenters. The van der Waals surface area contributed by atoms with Crippen LogP contribution in [0.2, 0.25) is 0 Å². The summed E-state index contributed by atoms with van der Waals surface area (Å²) in [6.45, 7) is 2.06. The normalized spacial score (nSPS) is 13.3. The molecule has 0 amide bonds. The Bertz CT molecular complexity index is 555. The lowest BCUT2D eigenvalue weighted by molar-refractivity contribution is 0.171. The minimum atomic E-state index is 0.628. The van der Waals surface area contributed by atoms with Gasteiger partial charge in [-0.2, -0.15) is 11.3 Å². The van der Waals surface area contributed by atoms with Crippen LogP contribution in [0.5, 0.6) is 11.5 Å². The molecule has 1 aromatic carbocycles. The first-order chi connectivity index (χ1) is 9.36. The first-order valence-corrected chi connectivity index (χ1v) is 8.26. The molecule has 3 rings (SSSR count). The van der Waals surface area contributed by atoms with Gasteiger partial charge in [-0.1, -0.05) is 0 Å². The van der Waals surface area contributed by atoms with Gasteiger partial charge in [0.05, 0.1) is 0 Å². The van der Waals surface area contributed by atoms with Gasteiger partial charge in [-0.3, -0.25) is 0 Å². The molecule has 0 saturated carbocycles. The van der Waals surface area contributed by atoms with Gasteiger partial charge in [-0.25, -0.2) is 0 Å². The SMILES string of the molecule is CSc1cc2c(cc1CNc1ccsc1)OCCO2. The number of benzene rings is 1. The molecular formula is C14H15NO2S2. The summed E-state index contributed by atoms with van der Waals surface area (Å²) in [5.74, 6) is 1.71. The van der Waals surface area contributed by atoms with Gasteiger partial charge in [0.1, 0.15) is 13.2 Å². The number of thiophene rings is 1. The average Bonchev–Trinajstić information content (AvgIpc) is 2.97. The Morgan fingerprint density at radius 2 is 2.05 bits per heavy atom. The highest BCUT2D eigenvalue weighted by molar-refractivity contribution is 7.98. The van der Waals surface area contributed by atoms with Crippen LogP contribution in [0.3, 0.4) is 0 Å². The zero-order valence-corrected chi connectivity index (χ0v) is 12.3. The zero-order chi connectivity index (χ0) is 13.1. The van der Waals surface area contributed by atoms with Crippen LogP contribution in [0.4, 0.5) is 5.69 Å². The van der Waals surface area contributed by atoms with E-state index in [0.29, 0.717) is 13.2 Å². The van der Waals surface area contributed by atoms with Gasteiger partial charge < -0.3 is 14.8 Å². The van der Waals surface area contributed by atoms with Crippen molar-refractivity contribution in [3.8, 4) is 11.5 Å². The molecule has 19 heavy (non-hydrogen) atoms. The maximum absolute atomic E-state index is 5.64. The molecule has 2 aromatic rings. The number of anilines is 1. The second-order valence-electron chi connectivity index (χ2n) is 4.17. The molecule has 1 aromatic heterocycles. The molecule has 100 valence electrons. The second-order valence-corrected chi connectivity index (χ2v) is 5.80. The Labute approximate surface area is 120 Å². The summed E-state index contributed by atoms with van der Waals surface area (Å²) in [6, 6.07) is 6.24. The maximum atomic E-state index is 5.64. The lowest BCUT2D eigenvalue weighted by atomic mass is 10.2. The molecular weight excluding hydrogens is 278 g/mol. The molecule has 0 saturated heterocycles. The highest BCUT2D eigenvalue weighted by Crippen LogP contribution is 2.36. The molecule has 1 N–H and O–H groups in total. The Morgan fingerprint density at radius 3 is 2.74 bits per heavy atom. The van der Waals surface area contributed by atoms with Crippen LogP contribution in [0.25, 0.3) is 0 Å². The molecule has 0 fully saturated rings. The standard InChI is InChI=1S/C14H15NO2S2/c1-18-14-7-13-12(16-3-4-17-13)6-10(14)8-15-11-2-5-19-9-11/h2,5-7,9,15H,3-4,8H2,1H3. The van der Waals surface area contributed by atoms with Gasteiger partial charge in [0, 0.05) is 22.5 Å². The van der Waals surface area contributed by atoms with Crippen molar-refractivity contribution in [2.24, 2.45) is 0 Å². The van der Waals surface area contributed by atoms with Crippen LogP contribution in [-0.2, 0) is 6.54 Å². The van der Waals surface area contributed by atoms with E-state index in [9.17, 15) is 0 Å². The summed E-state index contributed by atoms with van der Waals surface area (Å²) < 4.78 is 11.3. The third kappa shape index (κ3) is 2.82. The number of hydrogen-bond acceptors (Lipinski definition) is 5. The van der Waals surface area contributed by atoms with Gasteiger partial charge >= 0.3 is 0 Å². The number of hydrogen-bond donors (Lipinski definition) is 1. The van der Waals surface area contributed by atoms with Crippen LogP contribution in [0.15, 0.2) is 33.9 Å². The van der Waals surface area contributed by atoms with Gasteiger partial charge in [0.15, 0.2) is 11.5 Å². The van der Waals surface area contributed by atoms with E-state index in [4.69, 9.17) is 9.47 Å². The Kier molecular flexibility index (Phi) is 3.84. The van der Waals surface area contributed by atoms with Crippen molar-refractivity contribution in [1.82, 2.24) is 0 Å². The number of ether oxygens (including phenoxy) is 2. The topological polar surface area (TPSA) is 30.5 Å². The molecule has 1 aliphatic rings. The van der Waals surface area contributed by atoms with E-state index in [1.807, 2.05) is 0 Å². The van der Waals surface area contributed by atoms with E-state index >= 15 is 0 Å². The molecule has 0 bridgehead atoms. The van der Waals surface area contributed by atoms with Gasteiger partial charge in [0.25, 0.3) is 0 Å². The largest absolute Gasteiger partial charge is 0.486 e. The van der Waals surface area contributed by atoms with E-state index in [-0.39, 0.29) is 0 Å². The maximum Gasteiger partial charge on any atom is 0.162 e. The van der Waals surface area contributed by atoms with Gasteiger partial charge in [-0.15, -0.1) is 11.8 Å². The molecule has 0 spiro atoms. The summed E-state index contributed by atoms with van der Waals surface area (Å²) in [7, 11) is 0. The molecule has 0 aliphatic carbocycles. The van der Waals surface area contributed by atoms with Crippen molar-refractivity contribution in [2.75, 3.05) is 24.8 Å². The highest BCUT2D eigenvalue weighted by Gasteiger charge is 2.15. The minimum Gasteiger partial charge on any atom is -0.486 e. The molecule has 0 radical (unpaired) electrons. The van der Waals surface area contributed by atoms with Crippen molar-refractivity contribution < 1.29 is 9.47 Å². The molecule has 3 nitrogen and oxygen atoms in total. The quantitative estimate of drug-likeness (QED) is 0.867.